The maximum Gasteiger partial charge on any atom is 0.113 e. The zero-order valence-corrected chi connectivity index (χ0v) is 5.95. The lowest BCUT2D eigenvalue weighted by atomic mass is 9.84. The predicted molar refractivity (Wildman–Crippen MR) is 36.7 cm³/mol. The van der Waals surface area contributed by atoms with Gasteiger partial charge in [0.2, 0.25) is 0 Å². The molecule has 0 aliphatic carbocycles. The van der Waals surface area contributed by atoms with Gasteiger partial charge < -0.3 is 14.9 Å². The summed E-state index contributed by atoms with van der Waals surface area (Å²) in [6.45, 7) is 1.52. The maximum absolute atomic E-state index is 9.40. The lowest BCUT2D eigenvalue weighted by molar-refractivity contribution is 0.0000617. The first-order valence-electron chi connectivity index (χ1n) is 3.30. The minimum absolute atomic E-state index is 0.0795. The molecular formula is C6H11BO3. The number of rotatable bonds is 1. The van der Waals surface area contributed by atoms with Gasteiger partial charge in [-0.05, 0) is 6.92 Å². The van der Waals surface area contributed by atoms with Crippen LogP contribution in [-0.2, 0) is 4.74 Å². The molecular weight excluding hydrogens is 131 g/mol. The lowest BCUT2D eigenvalue weighted by Gasteiger charge is -2.19. The van der Waals surface area contributed by atoms with Crippen LogP contribution in [0.15, 0.2) is 0 Å². The van der Waals surface area contributed by atoms with Crippen LogP contribution in [0.3, 0.4) is 0 Å². The fraction of sp³-hybridized carbons (Fsp3) is 1.00. The molecule has 3 nitrogen and oxygen atoms in total. The Labute approximate surface area is 61.4 Å². The van der Waals surface area contributed by atoms with Gasteiger partial charge in [0.15, 0.2) is 0 Å². The molecule has 2 N–H and O–H groups in total. The monoisotopic (exact) mass is 142 g/mol. The summed E-state index contributed by atoms with van der Waals surface area (Å²) in [5.74, 6) is 0. The van der Waals surface area contributed by atoms with Crippen molar-refractivity contribution in [3.8, 4) is 0 Å². The highest BCUT2D eigenvalue weighted by Crippen LogP contribution is 2.27. The van der Waals surface area contributed by atoms with Crippen LogP contribution in [0, 0.1) is 0 Å². The molecule has 3 unspecified atom stereocenters. The largest absolute Gasteiger partial charge is 0.394 e. The number of ether oxygens (including phenoxy) is 1. The summed E-state index contributed by atoms with van der Waals surface area (Å²) in [5, 5.41) is 18.0. The highest BCUT2D eigenvalue weighted by molar-refractivity contribution is 6.12. The van der Waals surface area contributed by atoms with Crippen LogP contribution in [0.1, 0.15) is 13.3 Å². The third-order valence-electron chi connectivity index (χ3n) is 1.80. The summed E-state index contributed by atoms with van der Waals surface area (Å²) >= 11 is 0. The van der Waals surface area contributed by atoms with E-state index in [-0.39, 0.29) is 12.7 Å². The van der Waals surface area contributed by atoms with Crippen LogP contribution < -0.4 is 0 Å². The molecule has 1 rings (SSSR count). The van der Waals surface area contributed by atoms with Gasteiger partial charge in [0, 0.05) is 12.4 Å². The number of aliphatic hydroxyl groups is 2. The molecule has 0 spiro atoms. The van der Waals surface area contributed by atoms with Gasteiger partial charge in [0.05, 0.1) is 18.3 Å². The van der Waals surface area contributed by atoms with Crippen molar-refractivity contribution in [2.45, 2.75) is 31.1 Å². The average molecular weight is 142 g/mol. The molecule has 1 aliphatic rings. The van der Waals surface area contributed by atoms with Crippen LogP contribution in [0.25, 0.3) is 0 Å². The number of hydrogen-bond acceptors (Lipinski definition) is 3. The molecule has 2 radical (unpaired) electrons. The highest BCUT2D eigenvalue weighted by atomic mass is 16.5. The minimum Gasteiger partial charge on any atom is -0.394 e. The summed E-state index contributed by atoms with van der Waals surface area (Å²) < 4.78 is 5.00. The normalized spacial score (nSPS) is 47.9. The zero-order chi connectivity index (χ0) is 7.78. The van der Waals surface area contributed by atoms with Gasteiger partial charge in [-0.15, -0.1) is 0 Å². The molecule has 56 valence electrons. The van der Waals surface area contributed by atoms with Gasteiger partial charge >= 0.3 is 0 Å². The Bertz CT molecular complexity index is 126. The smallest absolute Gasteiger partial charge is 0.113 e. The second kappa shape index (κ2) is 2.53. The minimum atomic E-state index is -0.979. The van der Waals surface area contributed by atoms with E-state index < -0.39 is 11.6 Å². The number of hydrogen-bond donors (Lipinski definition) is 2. The van der Waals surface area contributed by atoms with Gasteiger partial charge in [-0.25, -0.2) is 0 Å². The topological polar surface area (TPSA) is 49.7 Å². The summed E-state index contributed by atoms with van der Waals surface area (Å²) in [7, 11) is 5.40. The fourth-order valence-corrected chi connectivity index (χ4v) is 1.09. The van der Waals surface area contributed by atoms with Gasteiger partial charge in [0.1, 0.15) is 7.85 Å². The van der Waals surface area contributed by atoms with Crippen LogP contribution in [0.4, 0.5) is 0 Å². The first kappa shape index (κ1) is 8.05. The summed E-state index contributed by atoms with van der Waals surface area (Å²) in [6.07, 6.45) is 0.106. The van der Waals surface area contributed by atoms with Crippen LogP contribution >= 0.6 is 0 Å². The van der Waals surface area contributed by atoms with E-state index >= 15 is 0 Å². The van der Waals surface area contributed by atoms with E-state index in [1.807, 2.05) is 0 Å². The van der Waals surface area contributed by atoms with E-state index in [1.165, 1.54) is 0 Å². The van der Waals surface area contributed by atoms with Crippen molar-refractivity contribution >= 4 is 7.85 Å². The highest BCUT2D eigenvalue weighted by Gasteiger charge is 2.39. The van der Waals surface area contributed by atoms with E-state index in [2.05, 4.69) is 0 Å². The fourth-order valence-electron chi connectivity index (χ4n) is 1.09. The van der Waals surface area contributed by atoms with Crippen molar-refractivity contribution in [3.63, 3.8) is 0 Å². The van der Waals surface area contributed by atoms with Crippen molar-refractivity contribution in [1.82, 2.24) is 0 Å². The molecule has 1 saturated heterocycles. The Kier molecular flexibility index (Phi) is 2.03. The van der Waals surface area contributed by atoms with E-state index in [1.54, 1.807) is 6.92 Å². The van der Waals surface area contributed by atoms with Crippen molar-refractivity contribution in [2.75, 3.05) is 6.61 Å². The Balaban J connectivity index is 2.53. The van der Waals surface area contributed by atoms with E-state index in [0.717, 1.165) is 0 Å². The molecule has 0 aromatic carbocycles. The lowest BCUT2D eigenvalue weighted by Crippen LogP contribution is -2.34. The molecule has 1 fully saturated rings. The second-order valence-corrected chi connectivity index (χ2v) is 2.92. The Morgan fingerprint density at radius 1 is 1.80 bits per heavy atom. The van der Waals surface area contributed by atoms with Crippen LogP contribution in [0.2, 0.25) is 0 Å². The van der Waals surface area contributed by atoms with Gasteiger partial charge in [-0.2, -0.15) is 0 Å². The first-order valence-corrected chi connectivity index (χ1v) is 3.30. The van der Waals surface area contributed by atoms with E-state index in [4.69, 9.17) is 17.7 Å². The van der Waals surface area contributed by atoms with Crippen LogP contribution in [0.5, 0.6) is 0 Å². The predicted octanol–water partition coefficient (Wildman–Crippen LogP) is -0.987. The van der Waals surface area contributed by atoms with Crippen molar-refractivity contribution in [2.24, 2.45) is 0 Å². The van der Waals surface area contributed by atoms with Crippen molar-refractivity contribution in [1.29, 1.82) is 0 Å². The zero-order valence-electron chi connectivity index (χ0n) is 5.95. The van der Waals surface area contributed by atoms with E-state index in [0.29, 0.717) is 6.42 Å². The molecule has 3 atom stereocenters. The quantitative estimate of drug-likeness (QED) is 0.462. The van der Waals surface area contributed by atoms with Gasteiger partial charge in [-0.3, -0.25) is 0 Å². The third-order valence-corrected chi connectivity index (χ3v) is 1.80. The van der Waals surface area contributed by atoms with Gasteiger partial charge in [0.25, 0.3) is 0 Å². The standard InChI is InChI=1S/C6H11BO3/c1-6(9)2-4(3-8)10-5(6)7/h4-5,8-9H,2-3H2,1H3. The summed E-state index contributed by atoms with van der Waals surface area (Å²) in [6, 6.07) is -0.662. The van der Waals surface area contributed by atoms with E-state index in [9.17, 15) is 5.11 Å². The molecule has 0 aromatic heterocycles. The first-order chi connectivity index (χ1) is 4.56. The molecule has 4 heteroatoms. The summed E-state index contributed by atoms with van der Waals surface area (Å²) in [4.78, 5) is 0. The SMILES string of the molecule is [B]C1OC(CO)CC1(C)O. The number of aliphatic hydroxyl groups excluding tert-OH is 1. The summed E-state index contributed by atoms with van der Waals surface area (Å²) in [5.41, 5.74) is -0.979. The molecule has 0 bridgehead atoms. The molecule has 0 aromatic rings. The van der Waals surface area contributed by atoms with Crippen molar-refractivity contribution < 1.29 is 14.9 Å². The average Bonchev–Trinajstić information content (AvgIpc) is 2.08. The molecule has 1 heterocycles. The second-order valence-electron chi connectivity index (χ2n) is 2.92. The van der Waals surface area contributed by atoms with Crippen LogP contribution in [-0.4, -0.2) is 42.4 Å². The third kappa shape index (κ3) is 1.33. The van der Waals surface area contributed by atoms with Gasteiger partial charge in [-0.1, -0.05) is 0 Å². The molecule has 1 aliphatic heterocycles. The molecule has 10 heavy (non-hydrogen) atoms. The Morgan fingerprint density at radius 2 is 2.40 bits per heavy atom. The Morgan fingerprint density at radius 3 is 2.60 bits per heavy atom. The molecule has 0 amide bonds. The Hall–Kier alpha value is -0.0551. The van der Waals surface area contributed by atoms with Crippen molar-refractivity contribution in [3.05, 3.63) is 0 Å². The molecule has 0 saturated carbocycles. The maximum atomic E-state index is 9.40.